The van der Waals surface area contributed by atoms with Crippen LogP contribution < -0.4 is 5.32 Å². The summed E-state index contributed by atoms with van der Waals surface area (Å²) >= 11 is 0. The maximum atomic E-state index is 11.5. The molecule has 2 atom stereocenters. The van der Waals surface area contributed by atoms with E-state index in [1.54, 1.807) is 0 Å². The molecule has 3 rings (SSSR count). The summed E-state index contributed by atoms with van der Waals surface area (Å²) in [5.74, 6) is 0. The average Bonchev–Trinajstić information content (AvgIpc) is 2.83. The van der Waals surface area contributed by atoms with Crippen molar-refractivity contribution in [3.8, 4) is 0 Å². The summed E-state index contributed by atoms with van der Waals surface area (Å²) in [6.07, 6.45) is -0.626. The van der Waals surface area contributed by atoms with Crippen molar-refractivity contribution in [2.75, 3.05) is 0 Å². The van der Waals surface area contributed by atoms with E-state index in [1.165, 1.54) is 0 Å². The zero-order chi connectivity index (χ0) is 12.4. The van der Waals surface area contributed by atoms with Crippen LogP contribution in [0.4, 0.5) is 4.79 Å². The molecule has 1 amide bonds. The van der Waals surface area contributed by atoms with E-state index in [0.29, 0.717) is 0 Å². The Kier molecular flexibility index (Phi) is 2.73. The molecule has 2 aromatic carbocycles. The molecule has 0 bridgehead atoms. The van der Waals surface area contributed by atoms with Gasteiger partial charge in [0, 0.05) is 0 Å². The molecule has 1 aliphatic rings. The van der Waals surface area contributed by atoms with Crippen molar-refractivity contribution in [2.24, 2.45) is 0 Å². The van der Waals surface area contributed by atoms with Crippen LogP contribution in [0.2, 0.25) is 0 Å². The standard InChI is InChI=1S/C15H13NO2/c17-15-16-13(11-7-3-1-4-8-11)14(18-15)12-9-5-2-6-10-12/h1-10,13-14H,(H,16,17)/t13-,14-/m1/s1. The van der Waals surface area contributed by atoms with Crippen molar-refractivity contribution in [1.29, 1.82) is 0 Å². The van der Waals surface area contributed by atoms with Gasteiger partial charge < -0.3 is 10.1 Å². The van der Waals surface area contributed by atoms with Gasteiger partial charge in [0.05, 0.1) is 6.04 Å². The van der Waals surface area contributed by atoms with Crippen molar-refractivity contribution in [3.05, 3.63) is 71.8 Å². The number of cyclic esters (lactones) is 1. The summed E-state index contributed by atoms with van der Waals surface area (Å²) < 4.78 is 5.36. The Morgan fingerprint density at radius 2 is 1.39 bits per heavy atom. The maximum Gasteiger partial charge on any atom is 0.408 e. The predicted molar refractivity (Wildman–Crippen MR) is 68.0 cm³/mol. The average molecular weight is 239 g/mol. The minimum absolute atomic E-state index is 0.124. The fourth-order valence-electron chi connectivity index (χ4n) is 2.24. The Balaban J connectivity index is 1.96. The number of amides is 1. The van der Waals surface area contributed by atoms with Gasteiger partial charge in [-0.15, -0.1) is 0 Å². The largest absolute Gasteiger partial charge is 0.439 e. The van der Waals surface area contributed by atoms with E-state index in [9.17, 15) is 4.79 Å². The third kappa shape index (κ3) is 1.95. The molecular formula is C15H13NO2. The molecule has 0 saturated carbocycles. The second kappa shape index (κ2) is 4.53. The van der Waals surface area contributed by atoms with Gasteiger partial charge in [-0.1, -0.05) is 60.7 Å². The van der Waals surface area contributed by atoms with E-state index in [-0.39, 0.29) is 18.2 Å². The Labute approximate surface area is 105 Å². The summed E-state index contributed by atoms with van der Waals surface area (Å²) in [5, 5.41) is 2.86. The van der Waals surface area contributed by atoms with E-state index in [0.717, 1.165) is 11.1 Å². The first kappa shape index (κ1) is 10.8. The number of nitrogens with one attached hydrogen (secondary N) is 1. The van der Waals surface area contributed by atoms with Crippen LogP contribution in [0.1, 0.15) is 23.3 Å². The van der Waals surface area contributed by atoms with E-state index in [1.807, 2.05) is 60.7 Å². The third-order valence-electron chi connectivity index (χ3n) is 3.10. The van der Waals surface area contributed by atoms with E-state index >= 15 is 0 Å². The second-order valence-electron chi connectivity index (χ2n) is 4.27. The lowest BCUT2D eigenvalue weighted by Gasteiger charge is -2.17. The zero-order valence-electron chi connectivity index (χ0n) is 9.74. The summed E-state index contributed by atoms with van der Waals surface area (Å²) in [5.41, 5.74) is 2.06. The second-order valence-corrected chi connectivity index (χ2v) is 4.27. The van der Waals surface area contributed by atoms with E-state index in [2.05, 4.69) is 5.32 Å². The molecule has 0 aliphatic carbocycles. The van der Waals surface area contributed by atoms with Gasteiger partial charge in [0.1, 0.15) is 0 Å². The molecule has 1 aliphatic heterocycles. The first-order chi connectivity index (χ1) is 8.84. The zero-order valence-corrected chi connectivity index (χ0v) is 9.74. The van der Waals surface area contributed by atoms with Crippen molar-refractivity contribution < 1.29 is 9.53 Å². The fourth-order valence-corrected chi connectivity index (χ4v) is 2.24. The van der Waals surface area contributed by atoms with Crippen LogP contribution >= 0.6 is 0 Å². The Morgan fingerprint density at radius 3 is 2.00 bits per heavy atom. The van der Waals surface area contributed by atoms with Crippen LogP contribution in [0.5, 0.6) is 0 Å². The van der Waals surface area contributed by atoms with Gasteiger partial charge in [-0.05, 0) is 11.1 Å². The topological polar surface area (TPSA) is 38.3 Å². The third-order valence-corrected chi connectivity index (χ3v) is 3.10. The molecule has 1 fully saturated rings. The van der Waals surface area contributed by atoms with E-state index < -0.39 is 0 Å². The van der Waals surface area contributed by atoms with Crippen LogP contribution in [-0.2, 0) is 4.74 Å². The predicted octanol–water partition coefficient (Wildman–Crippen LogP) is 3.21. The first-order valence-electron chi connectivity index (χ1n) is 5.91. The van der Waals surface area contributed by atoms with Crippen molar-refractivity contribution >= 4 is 6.09 Å². The first-order valence-corrected chi connectivity index (χ1v) is 5.91. The van der Waals surface area contributed by atoms with Crippen LogP contribution in [0.15, 0.2) is 60.7 Å². The number of ether oxygens (including phenoxy) is 1. The van der Waals surface area contributed by atoms with Gasteiger partial charge in [-0.3, -0.25) is 0 Å². The normalized spacial score (nSPS) is 22.3. The monoisotopic (exact) mass is 239 g/mol. The number of hydrogen-bond donors (Lipinski definition) is 1. The summed E-state index contributed by atoms with van der Waals surface area (Å²) in [6.45, 7) is 0. The minimum atomic E-state index is -0.363. The van der Waals surface area contributed by atoms with Crippen LogP contribution in [0.3, 0.4) is 0 Å². The van der Waals surface area contributed by atoms with Crippen LogP contribution in [0, 0.1) is 0 Å². The smallest absolute Gasteiger partial charge is 0.408 e. The molecule has 0 unspecified atom stereocenters. The maximum absolute atomic E-state index is 11.5. The number of rotatable bonds is 2. The Hall–Kier alpha value is -2.29. The molecular weight excluding hydrogens is 226 g/mol. The number of carbonyl (C=O) groups excluding carboxylic acids is 1. The molecule has 3 nitrogen and oxygen atoms in total. The summed E-state index contributed by atoms with van der Waals surface area (Å²) in [4.78, 5) is 11.5. The lowest BCUT2D eigenvalue weighted by Crippen LogP contribution is -2.19. The molecule has 1 N–H and O–H groups in total. The highest BCUT2D eigenvalue weighted by atomic mass is 16.6. The van der Waals surface area contributed by atoms with Gasteiger partial charge in [-0.25, -0.2) is 4.79 Å². The highest BCUT2D eigenvalue weighted by Crippen LogP contribution is 2.36. The lowest BCUT2D eigenvalue weighted by molar-refractivity contribution is 0.132. The number of carbonyl (C=O) groups is 1. The molecule has 18 heavy (non-hydrogen) atoms. The quantitative estimate of drug-likeness (QED) is 0.873. The highest BCUT2D eigenvalue weighted by molar-refractivity contribution is 5.71. The molecule has 0 aromatic heterocycles. The Morgan fingerprint density at radius 1 is 0.833 bits per heavy atom. The Bertz CT molecular complexity index is 489. The van der Waals surface area contributed by atoms with Gasteiger partial charge in [0.15, 0.2) is 6.10 Å². The number of benzene rings is 2. The van der Waals surface area contributed by atoms with Gasteiger partial charge >= 0.3 is 6.09 Å². The number of hydrogen-bond acceptors (Lipinski definition) is 2. The van der Waals surface area contributed by atoms with E-state index in [4.69, 9.17) is 4.74 Å². The summed E-state index contributed by atoms with van der Waals surface area (Å²) in [6, 6.07) is 19.5. The molecule has 0 radical (unpaired) electrons. The lowest BCUT2D eigenvalue weighted by atomic mass is 9.97. The van der Waals surface area contributed by atoms with Crippen molar-refractivity contribution in [3.63, 3.8) is 0 Å². The van der Waals surface area contributed by atoms with Crippen molar-refractivity contribution in [1.82, 2.24) is 5.32 Å². The molecule has 3 heteroatoms. The molecule has 2 aromatic rings. The molecule has 0 spiro atoms. The van der Waals surface area contributed by atoms with Gasteiger partial charge in [-0.2, -0.15) is 0 Å². The minimum Gasteiger partial charge on any atom is -0.439 e. The highest BCUT2D eigenvalue weighted by Gasteiger charge is 2.35. The fraction of sp³-hybridized carbons (Fsp3) is 0.133. The SMILES string of the molecule is O=C1N[C@H](c2ccccc2)[C@@H](c2ccccc2)O1. The van der Waals surface area contributed by atoms with Crippen LogP contribution in [-0.4, -0.2) is 6.09 Å². The van der Waals surface area contributed by atoms with Crippen molar-refractivity contribution in [2.45, 2.75) is 12.1 Å². The van der Waals surface area contributed by atoms with Gasteiger partial charge in [0.25, 0.3) is 0 Å². The molecule has 90 valence electrons. The van der Waals surface area contributed by atoms with Crippen LogP contribution in [0.25, 0.3) is 0 Å². The molecule has 1 heterocycles. The number of alkyl carbamates (subject to hydrolysis) is 1. The molecule has 1 saturated heterocycles. The summed E-state index contributed by atoms with van der Waals surface area (Å²) in [7, 11) is 0. The van der Waals surface area contributed by atoms with Gasteiger partial charge in [0.2, 0.25) is 0 Å².